The second-order valence-corrected chi connectivity index (χ2v) is 7.28. The molecule has 1 heterocycles. The van der Waals surface area contributed by atoms with Gasteiger partial charge in [0.2, 0.25) is 0 Å². The highest BCUT2D eigenvalue weighted by molar-refractivity contribution is 6.62. The predicted molar refractivity (Wildman–Crippen MR) is 96.7 cm³/mol. The van der Waals surface area contributed by atoms with E-state index in [1.165, 1.54) is 5.56 Å². The molecule has 0 bridgehead atoms. The van der Waals surface area contributed by atoms with Crippen molar-refractivity contribution in [2.75, 3.05) is 5.73 Å². The molecule has 0 radical (unpaired) electrons. The third kappa shape index (κ3) is 2.89. The molecule has 4 heteroatoms. The zero-order chi connectivity index (χ0) is 16.8. The summed E-state index contributed by atoms with van der Waals surface area (Å²) in [5.41, 5.74) is 10.5. The molecule has 1 aliphatic heterocycles. The van der Waals surface area contributed by atoms with E-state index in [9.17, 15) is 0 Å². The largest absolute Gasteiger partial charge is 0.495 e. The van der Waals surface area contributed by atoms with E-state index in [2.05, 4.69) is 52.8 Å². The Labute approximate surface area is 138 Å². The van der Waals surface area contributed by atoms with Crippen LogP contribution in [0.25, 0.3) is 11.1 Å². The van der Waals surface area contributed by atoms with E-state index in [4.69, 9.17) is 15.0 Å². The van der Waals surface area contributed by atoms with E-state index >= 15 is 0 Å². The molecule has 1 aliphatic rings. The SMILES string of the molecule is Cc1cc(-c2ccc(N)cc2)ccc1B1OC(C)(C)C(C)(C)O1. The summed E-state index contributed by atoms with van der Waals surface area (Å²) in [6, 6.07) is 14.3. The molecular formula is C19H24BNO2. The van der Waals surface area contributed by atoms with Crippen LogP contribution in [0.15, 0.2) is 42.5 Å². The van der Waals surface area contributed by atoms with Crippen molar-refractivity contribution in [3.05, 3.63) is 48.0 Å². The van der Waals surface area contributed by atoms with Crippen LogP contribution in [-0.4, -0.2) is 18.3 Å². The molecule has 1 saturated heterocycles. The summed E-state index contributed by atoms with van der Waals surface area (Å²) in [5.74, 6) is 0. The van der Waals surface area contributed by atoms with Crippen LogP contribution in [-0.2, 0) is 9.31 Å². The monoisotopic (exact) mass is 309 g/mol. The molecule has 0 saturated carbocycles. The Morgan fingerprint density at radius 1 is 0.826 bits per heavy atom. The summed E-state index contributed by atoms with van der Waals surface area (Å²) in [4.78, 5) is 0. The van der Waals surface area contributed by atoms with Crippen molar-refractivity contribution >= 4 is 18.3 Å². The van der Waals surface area contributed by atoms with Gasteiger partial charge in [0.05, 0.1) is 11.2 Å². The number of benzene rings is 2. The lowest BCUT2D eigenvalue weighted by molar-refractivity contribution is 0.00578. The van der Waals surface area contributed by atoms with Gasteiger partial charge in [0, 0.05) is 5.69 Å². The van der Waals surface area contributed by atoms with Crippen molar-refractivity contribution in [3.63, 3.8) is 0 Å². The van der Waals surface area contributed by atoms with E-state index in [1.807, 2.05) is 24.3 Å². The van der Waals surface area contributed by atoms with Gasteiger partial charge in [-0.15, -0.1) is 0 Å². The van der Waals surface area contributed by atoms with Crippen LogP contribution in [0.1, 0.15) is 33.3 Å². The molecular weight excluding hydrogens is 285 g/mol. The number of nitrogens with two attached hydrogens (primary N) is 1. The average Bonchev–Trinajstić information content (AvgIpc) is 2.68. The minimum atomic E-state index is -0.320. The van der Waals surface area contributed by atoms with Crippen LogP contribution >= 0.6 is 0 Å². The first-order chi connectivity index (χ1) is 10.7. The number of hydrogen-bond acceptors (Lipinski definition) is 3. The summed E-state index contributed by atoms with van der Waals surface area (Å²) < 4.78 is 12.3. The van der Waals surface area contributed by atoms with Gasteiger partial charge in [-0.25, -0.2) is 0 Å². The minimum absolute atomic E-state index is 0.319. The third-order valence-electron chi connectivity index (χ3n) is 5.02. The fraction of sp³-hybridized carbons (Fsp3) is 0.368. The van der Waals surface area contributed by atoms with E-state index in [1.54, 1.807) is 0 Å². The van der Waals surface area contributed by atoms with Crippen molar-refractivity contribution in [3.8, 4) is 11.1 Å². The number of anilines is 1. The Kier molecular flexibility index (Phi) is 3.78. The molecule has 3 rings (SSSR count). The van der Waals surface area contributed by atoms with Gasteiger partial charge >= 0.3 is 7.12 Å². The van der Waals surface area contributed by atoms with Crippen LogP contribution in [0.4, 0.5) is 5.69 Å². The van der Waals surface area contributed by atoms with Crippen LogP contribution in [0.5, 0.6) is 0 Å². The van der Waals surface area contributed by atoms with Crippen LogP contribution in [0.2, 0.25) is 0 Å². The lowest BCUT2D eigenvalue weighted by atomic mass is 9.75. The molecule has 0 atom stereocenters. The van der Waals surface area contributed by atoms with Crippen LogP contribution < -0.4 is 11.2 Å². The normalized spacial score (nSPS) is 19.1. The molecule has 3 nitrogen and oxygen atoms in total. The highest BCUT2D eigenvalue weighted by Gasteiger charge is 2.51. The van der Waals surface area contributed by atoms with Gasteiger partial charge in [-0.2, -0.15) is 0 Å². The molecule has 120 valence electrons. The molecule has 1 fully saturated rings. The molecule has 0 unspecified atom stereocenters. The highest BCUT2D eigenvalue weighted by atomic mass is 16.7. The van der Waals surface area contributed by atoms with Gasteiger partial charge in [0.1, 0.15) is 0 Å². The van der Waals surface area contributed by atoms with Gasteiger partial charge in [0.15, 0.2) is 0 Å². The van der Waals surface area contributed by atoms with Crippen molar-refractivity contribution < 1.29 is 9.31 Å². The molecule has 23 heavy (non-hydrogen) atoms. The Hall–Kier alpha value is -1.78. The maximum absolute atomic E-state index is 6.15. The van der Waals surface area contributed by atoms with Crippen molar-refractivity contribution in [1.82, 2.24) is 0 Å². The highest BCUT2D eigenvalue weighted by Crippen LogP contribution is 2.36. The Balaban J connectivity index is 1.90. The molecule has 2 aromatic rings. The topological polar surface area (TPSA) is 44.5 Å². The second kappa shape index (κ2) is 5.39. The van der Waals surface area contributed by atoms with E-state index in [0.717, 1.165) is 22.3 Å². The molecule has 2 aromatic carbocycles. The predicted octanol–water partition coefficient (Wildman–Crippen LogP) is 3.54. The second-order valence-electron chi connectivity index (χ2n) is 7.28. The summed E-state index contributed by atoms with van der Waals surface area (Å²) in [6.07, 6.45) is 0. The number of hydrogen-bond donors (Lipinski definition) is 1. The van der Waals surface area contributed by atoms with E-state index < -0.39 is 0 Å². The van der Waals surface area contributed by atoms with Crippen LogP contribution in [0, 0.1) is 6.92 Å². The average molecular weight is 309 g/mol. The Morgan fingerprint density at radius 2 is 1.35 bits per heavy atom. The molecule has 0 spiro atoms. The maximum Gasteiger partial charge on any atom is 0.495 e. The quantitative estimate of drug-likeness (QED) is 0.681. The Bertz CT molecular complexity index is 707. The molecule has 0 amide bonds. The number of nitrogen functional groups attached to an aromatic ring is 1. The van der Waals surface area contributed by atoms with Crippen LogP contribution in [0.3, 0.4) is 0 Å². The summed E-state index contributed by atoms with van der Waals surface area (Å²) in [6.45, 7) is 10.4. The lowest BCUT2D eigenvalue weighted by Gasteiger charge is -2.32. The third-order valence-corrected chi connectivity index (χ3v) is 5.02. The molecule has 0 aromatic heterocycles. The summed E-state index contributed by atoms with van der Waals surface area (Å²) >= 11 is 0. The van der Waals surface area contributed by atoms with Crippen molar-refractivity contribution in [1.29, 1.82) is 0 Å². The molecule has 2 N–H and O–H groups in total. The summed E-state index contributed by atoms with van der Waals surface area (Å²) in [5, 5.41) is 0. The van der Waals surface area contributed by atoms with Crippen molar-refractivity contribution in [2.24, 2.45) is 0 Å². The van der Waals surface area contributed by atoms with Gasteiger partial charge in [0.25, 0.3) is 0 Å². The first kappa shape index (κ1) is 16.1. The minimum Gasteiger partial charge on any atom is -0.399 e. The van der Waals surface area contributed by atoms with E-state index in [0.29, 0.717) is 0 Å². The number of aryl methyl sites for hydroxylation is 1. The first-order valence-electron chi connectivity index (χ1n) is 8.02. The fourth-order valence-electron chi connectivity index (χ4n) is 2.77. The Morgan fingerprint density at radius 3 is 1.87 bits per heavy atom. The van der Waals surface area contributed by atoms with Gasteiger partial charge in [-0.05, 0) is 63.3 Å². The standard InChI is InChI=1S/C19H24BNO2/c1-13-12-15(14-6-9-16(21)10-7-14)8-11-17(13)20-22-18(2,3)19(4,5)23-20/h6-12H,21H2,1-5H3. The van der Waals surface area contributed by atoms with Gasteiger partial charge in [-0.3, -0.25) is 0 Å². The van der Waals surface area contributed by atoms with Gasteiger partial charge < -0.3 is 15.0 Å². The summed E-state index contributed by atoms with van der Waals surface area (Å²) in [7, 11) is -0.319. The molecule has 0 aliphatic carbocycles. The first-order valence-corrected chi connectivity index (χ1v) is 8.02. The zero-order valence-corrected chi connectivity index (χ0v) is 14.5. The maximum atomic E-state index is 6.15. The number of rotatable bonds is 2. The zero-order valence-electron chi connectivity index (χ0n) is 14.5. The smallest absolute Gasteiger partial charge is 0.399 e. The fourth-order valence-corrected chi connectivity index (χ4v) is 2.77. The lowest BCUT2D eigenvalue weighted by Crippen LogP contribution is -2.41. The van der Waals surface area contributed by atoms with Crippen molar-refractivity contribution in [2.45, 2.75) is 45.8 Å². The van der Waals surface area contributed by atoms with Gasteiger partial charge in [-0.1, -0.05) is 35.9 Å². The van der Waals surface area contributed by atoms with E-state index in [-0.39, 0.29) is 18.3 Å².